The van der Waals surface area contributed by atoms with Gasteiger partial charge in [0.2, 0.25) is 5.82 Å². The molecule has 0 fully saturated rings. The van der Waals surface area contributed by atoms with E-state index in [9.17, 15) is 4.79 Å². The van der Waals surface area contributed by atoms with Gasteiger partial charge in [0.1, 0.15) is 5.82 Å². The highest BCUT2D eigenvalue weighted by Crippen LogP contribution is 2.30. The monoisotopic (exact) mass is 513 g/mol. The first-order valence-electron chi connectivity index (χ1n) is 13.0. The lowest BCUT2D eigenvalue weighted by atomic mass is 9.98. The average Bonchev–Trinajstić information content (AvgIpc) is 3.51. The Morgan fingerprint density at radius 1 is 0.846 bits per heavy atom. The number of nitrogens with zero attached hydrogens (tertiary/aromatic N) is 5. The Labute approximate surface area is 225 Å². The lowest BCUT2D eigenvalue weighted by Crippen LogP contribution is -2.26. The summed E-state index contributed by atoms with van der Waals surface area (Å²) in [6.45, 7) is 2.55. The van der Waals surface area contributed by atoms with Crippen molar-refractivity contribution < 1.29 is 0 Å². The largest absolute Gasteiger partial charge is 0.355 e. The van der Waals surface area contributed by atoms with Gasteiger partial charge in [-0.15, -0.1) is 10.2 Å². The van der Waals surface area contributed by atoms with Crippen molar-refractivity contribution in [2.75, 3.05) is 5.32 Å². The third-order valence-corrected chi connectivity index (χ3v) is 6.69. The van der Waals surface area contributed by atoms with Crippen LogP contribution in [-0.4, -0.2) is 30.2 Å². The molecule has 8 nitrogen and oxygen atoms in total. The number of aryl methyl sites for hydroxylation is 1. The van der Waals surface area contributed by atoms with Gasteiger partial charge in [-0.3, -0.25) is 9.36 Å². The fourth-order valence-corrected chi connectivity index (χ4v) is 4.79. The van der Waals surface area contributed by atoms with Crippen molar-refractivity contribution in [2.24, 2.45) is 0 Å². The molecule has 39 heavy (non-hydrogen) atoms. The van der Waals surface area contributed by atoms with Gasteiger partial charge in [-0.1, -0.05) is 73.7 Å². The van der Waals surface area contributed by atoms with Crippen molar-refractivity contribution in [3.8, 4) is 22.5 Å². The summed E-state index contributed by atoms with van der Waals surface area (Å²) in [5.74, 6) is 1.34. The number of hydrogen-bond donors (Lipinski definition) is 2. The number of aromatic amines is 1. The van der Waals surface area contributed by atoms with E-state index in [0.29, 0.717) is 23.3 Å². The van der Waals surface area contributed by atoms with Crippen LogP contribution in [0.1, 0.15) is 24.7 Å². The van der Waals surface area contributed by atoms with Crippen molar-refractivity contribution in [3.63, 3.8) is 0 Å². The molecule has 192 valence electrons. The highest BCUT2D eigenvalue weighted by atomic mass is 16.1. The SMILES string of the molecule is CCCc1nc2cc(Nc3ccccc3)ccc2c(=O)n1Cc1ccc(-c2ccccc2-c2nn[nH]n2)cc1. The fourth-order valence-electron chi connectivity index (χ4n) is 4.79. The molecule has 0 aliphatic rings. The minimum Gasteiger partial charge on any atom is -0.355 e. The molecule has 8 heteroatoms. The van der Waals surface area contributed by atoms with Gasteiger partial charge >= 0.3 is 0 Å². The smallest absolute Gasteiger partial charge is 0.261 e. The predicted molar refractivity (Wildman–Crippen MR) is 154 cm³/mol. The Morgan fingerprint density at radius 3 is 2.36 bits per heavy atom. The topological polar surface area (TPSA) is 101 Å². The number of aromatic nitrogens is 6. The molecule has 6 aromatic rings. The zero-order chi connectivity index (χ0) is 26.6. The van der Waals surface area contributed by atoms with Crippen LogP contribution in [0, 0.1) is 0 Å². The van der Waals surface area contributed by atoms with Crippen molar-refractivity contribution in [1.82, 2.24) is 30.2 Å². The summed E-state index contributed by atoms with van der Waals surface area (Å²) in [4.78, 5) is 18.6. The number of nitrogens with one attached hydrogen (secondary N) is 2. The van der Waals surface area contributed by atoms with E-state index in [1.54, 1.807) is 4.57 Å². The molecule has 6 rings (SSSR count). The lowest BCUT2D eigenvalue weighted by Gasteiger charge is -2.15. The van der Waals surface area contributed by atoms with Gasteiger partial charge in [-0.05, 0) is 58.7 Å². The normalized spacial score (nSPS) is 11.1. The fraction of sp³-hybridized carbons (Fsp3) is 0.129. The summed E-state index contributed by atoms with van der Waals surface area (Å²) in [6.07, 6.45) is 1.61. The molecule has 2 heterocycles. The van der Waals surface area contributed by atoms with Crippen molar-refractivity contribution >= 4 is 22.3 Å². The van der Waals surface area contributed by atoms with Crippen LogP contribution in [0.2, 0.25) is 0 Å². The van der Waals surface area contributed by atoms with E-state index < -0.39 is 0 Å². The zero-order valence-corrected chi connectivity index (χ0v) is 21.5. The van der Waals surface area contributed by atoms with Gasteiger partial charge in [0.15, 0.2) is 0 Å². The lowest BCUT2D eigenvalue weighted by molar-refractivity contribution is 0.665. The molecule has 0 aliphatic heterocycles. The van der Waals surface area contributed by atoms with Gasteiger partial charge in [-0.2, -0.15) is 5.21 Å². The maximum absolute atomic E-state index is 13.6. The minimum absolute atomic E-state index is 0.0266. The predicted octanol–water partition coefficient (Wildman–Crippen LogP) is 5.99. The maximum atomic E-state index is 13.6. The molecule has 0 saturated carbocycles. The van der Waals surface area contributed by atoms with Crippen LogP contribution in [0.3, 0.4) is 0 Å². The summed E-state index contributed by atoms with van der Waals surface area (Å²) in [5, 5.41) is 18.5. The Morgan fingerprint density at radius 2 is 1.62 bits per heavy atom. The van der Waals surface area contributed by atoms with E-state index >= 15 is 0 Å². The highest BCUT2D eigenvalue weighted by Gasteiger charge is 2.14. The molecule has 2 N–H and O–H groups in total. The second kappa shape index (κ2) is 10.7. The van der Waals surface area contributed by atoms with E-state index in [2.05, 4.69) is 57.1 Å². The van der Waals surface area contributed by atoms with E-state index in [4.69, 9.17) is 4.98 Å². The third kappa shape index (κ3) is 5.04. The average molecular weight is 514 g/mol. The Kier molecular flexibility index (Phi) is 6.66. The van der Waals surface area contributed by atoms with Crippen LogP contribution in [0.15, 0.2) is 102 Å². The number of H-pyrrole nitrogens is 1. The quantitative estimate of drug-likeness (QED) is 0.259. The van der Waals surface area contributed by atoms with Crippen molar-refractivity contribution in [3.05, 3.63) is 119 Å². The Balaban J connectivity index is 1.31. The first-order valence-corrected chi connectivity index (χ1v) is 13.0. The Bertz CT molecular complexity index is 1780. The van der Waals surface area contributed by atoms with Crippen molar-refractivity contribution in [2.45, 2.75) is 26.3 Å². The number of tetrazole rings is 1. The molecule has 4 aromatic carbocycles. The molecule has 0 aliphatic carbocycles. The molecule has 0 saturated heterocycles. The van der Waals surface area contributed by atoms with Crippen LogP contribution >= 0.6 is 0 Å². The molecule has 2 aromatic heterocycles. The van der Waals surface area contributed by atoms with Crippen LogP contribution in [-0.2, 0) is 13.0 Å². The van der Waals surface area contributed by atoms with E-state index in [1.807, 2.05) is 72.8 Å². The third-order valence-electron chi connectivity index (χ3n) is 6.69. The summed E-state index contributed by atoms with van der Waals surface area (Å²) < 4.78 is 1.80. The number of para-hydroxylation sites is 1. The van der Waals surface area contributed by atoms with Gasteiger partial charge in [0.05, 0.1) is 17.4 Å². The highest BCUT2D eigenvalue weighted by molar-refractivity contribution is 5.83. The Hall–Kier alpha value is -5.11. The number of rotatable bonds is 8. The second-order valence-corrected chi connectivity index (χ2v) is 9.37. The van der Waals surface area contributed by atoms with E-state index in [0.717, 1.165) is 52.3 Å². The van der Waals surface area contributed by atoms with Crippen LogP contribution in [0.4, 0.5) is 11.4 Å². The minimum atomic E-state index is -0.0266. The first-order chi connectivity index (χ1) is 19.2. The number of anilines is 2. The molecular formula is C31H27N7O. The van der Waals surface area contributed by atoms with Crippen LogP contribution in [0.5, 0.6) is 0 Å². The standard InChI is InChI=1S/C31H27N7O/c1-2-8-29-33-28-19-24(32-23-9-4-3-5-10-23)17-18-27(28)31(39)38(29)20-21-13-15-22(16-14-21)25-11-6-7-12-26(25)30-34-36-37-35-30/h3-7,9-19,32H,2,8,20H2,1H3,(H,34,35,36,37). The zero-order valence-electron chi connectivity index (χ0n) is 21.5. The molecule has 0 spiro atoms. The summed E-state index contributed by atoms with van der Waals surface area (Å²) >= 11 is 0. The summed E-state index contributed by atoms with van der Waals surface area (Å²) in [7, 11) is 0. The van der Waals surface area contributed by atoms with Gasteiger partial charge < -0.3 is 5.32 Å². The number of fused-ring (bicyclic) bond motifs is 1. The number of hydrogen-bond acceptors (Lipinski definition) is 6. The molecular weight excluding hydrogens is 486 g/mol. The van der Waals surface area contributed by atoms with E-state index in [-0.39, 0.29) is 5.56 Å². The maximum Gasteiger partial charge on any atom is 0.261 e. The summed E-state index contributed by atoms with van der Waals surface area (Å²) in [6, 6.07) is 31.9. The molecule has 0 atom stereocenters. The van der Waals surface area contributed by atoms with Crippen LogP contribution in [0.25, 0.3) is 33.4 Å². The van der Waals surface area contributed by atoms with Gasteiger partial charge in [-0.25, -0.2) is 4.98 Å². The first kappa shape index (κ1) is 24.2. The van der Waals surface area contributed by atoms with Gasteiger partial charge in [0, 0.05) is 23.4 Å². The van der Waals surface area contributed by atoms with Gasteiger partial charge in [0.25, 0.3) is 5.56 Å². The van der Waals surface area contributed by atoms with Crippen LogP contribution < -0.4 is 10.9 Å². The number of benzene rings is 4. The van der Waals surface area contributed by atoms with Crippen molar-refractivity contribution in [1.29, 1.82) is 0 Å². The molecule has 0 unspecified atom stereocenters. The van der Waals surface area contributed by atoms with E-state index in [1.165, 1.54) is 0 Å². The molecule has 0 bridgehead atoms. The summed E-state index contributed by atoms with van der Waals surface area (Å²) in [5.41, 5.74) is 6.55. The molecule has 0 radical (unpaired) electrons. The second-order valence-electron chi connectivity index (χ2n) is 9.37. The molecule has 0 amide bonds.